The van der Waals surface area contributed by atoms with Gasteiger partial charge in [0.25, 0.3) is 0 Å². The molecule has 1 aliphatic heterocycles. The molecule has 1 unspecified atom stereocenters. The second-order valence-electron chi connectivity index (χ2n) is 4.63. The Morgan fingerprint density at radius 1 is 1.15 bits per heavy atom. The van der Waals surface area contributed by atoms with Crippen LogP contribution in [0.2, 0.25) is 10.0 Å². The molecule has 0 saturated heterocycles. The van der Waals surface area contributed by atoms with E-state index in [1.165, 1.54) is 0 Å². The van der Waals surface area contributed by atoms with Gasteiger partial charge in [-0.05, 0) is 29.8 Å². The fraction of sp³-hybridized carbons (Fsp3) is 0.133. The van der Waals surface area contributed by atoms with E-state index in [0.717, 1.165) is 16.8 Å². The van der Waals surface area contributed by atoms with Crippen LogP contribution in [0.5, 0.6) is 0 Å². The number of hydrogen-bond acceptors (Lipinski definition) is 2. The highest BCUT2D eigenvalue weighted by Crippen LogP contribution is 2.33. The monoisotopic (exact) mass is 306 g/mol. The maximum Gasteiger partial charge on any atom is 0.246 e. The first-order valence-corrected chi connectivity index (χ1v) is 6.98. The molecule has 3 nitrogen and oxygen atoms in total. The van der Waals surface area contributed by atoms with Crippen molar-refractivity contribution >= 4 is 34.8 Å². The Kier molecular flexibility index (Phi) is 3.66. The van der Waals surface area contributed by atoms with Gasteiger partial charge in [0.2, 0.25) is 5.91 Å². The van der Waals surface area contributed by atoms with E-state index in [1.54, 1.807) is 12.1 Å². The third-order valence-corrected chi connectivity index (χ3v) is 3.90. The lowest BCUT2D eigenvalue weighted by Gasteiger charge is -2.12. The SMILES string of the molecule is O=C1Nc2ccc(Cl)cc2C1NCc1ccccc1Cl. The summed E-state index contributed by atoms with van der Waals surface area (Å²) in [5, 5.41) is 7.35. The topological polar surface area (TPSA) is 41.1 Å². The summed E-state index contributed by atoms with van der Waals surface area (Å²) in [4.78, 5) is 12.0. The quantitative estimate of drug-likeness (QED) is 0.906. The van der Waals surface area contributed by atoms with Crippen LogP contribution in [0.3, 0.4) is 0 Å². The average molecular weight is 307 g/mol. The van der Waals surface area contributed by atoms with Crippen LogP contribution < -0.4 is 10.6 Å². The first-order valence-electron chi connectivity index (χ1n) is 6.22. The van der Waals surface area contributed by atoms with Gasteiger partial charge in [0.05, 0.1) is 0 Å². The van der Waals surface area contributed by atoms with Gasteiger partial charge in [-0.1, -0.05) is 41.4 Å². The first kappa shape index (κ1) is 13.4. The lowest BCUT2D eigenvalue weighted by Crippen LogP contribution is -2.27. The number of carbonyl (C=O) groups is 1. The van der Waals surface area contributed by atoms with Crippen LogP contribution in [0.15, 0.2) is 42.5 Å². The second kappa shape index (κ2) is 5.44. The van der Waals surface area contributed by atoms with Crippen LogP contribution in [0.25, 0.3) is 0 Å². The standard InChI is InChI=1S/C15H12Cl2N2O/c16-10-5-6-13-11(7-10)14(15(20)19-13)18-8-9-3-1-2-4-12(9)17/h1-7,14,18H,8H2,(H,19,20). The third-order valence-electron chi connectivity index (χ3n) is 3.30. The van der Waals surface area contributed by atoms with Crippen molar-refractivity contribution < 1.29 is 4.79 Å². The summed E-state index contributed by atoms with van der Waals surface area (Å²) in [5.41, 5.74) is 2.63. The van der Waals surface area contributed by atoms with Crippen LogP contribution >= 0.6 is 23.2 Å². The van der Waals surface area contributed by atoms with Gasteiger partial charge in [0.15, 0.2) is 0 Å². The van der Waals surface area contributed by atoms with Crippen molar-refractivity contribution in [1.29, 1.82) is 0 Å². The van der Waals surface area contributed by atoms with E-state index in [2.05, 4.69) is 10.6 Å². The van der Waals surface area contributed by atoms with E-state index in [4.69, 9.17) is 23.2 Å². The minimum absolute atomic E-state index is 0.0747. The summed E-state index contributed by atoms with van der Waals surface area (Å²) in [6, 6.07) is 12.5. The highest BCUT2D eigenvalue weighted by molar-refractivity contribution is 6.31. The predicted molar refractivity (Wildman–Crippen MR) is 81.1 cm³/mol. The maximum atomic E-state index is 12.0. The molecule has 0 aromatic heterocycles. The zero-order valence-corrected chi connectivity index (χ0v) is 12.0. The Hall–Kier alpha value is -1.55. The van der Waals surface area contributed by atoms with Gasteiger partial charge < -0.3 is 5.32 Å². The summed E-state index contributed by atoms with van der Waals surface area (Å²) in [6.07, 6.45) is 0. The molecule has 1 heterocycles. The van der Waals surface area contributed by atoms with E-state index in [-0.39, 0.29) is 5.91 Å². The van der Waals surface area contributed by atoms with Crippen LogP contribution in [0, 0.1) is 0 Å². The summed E-state index contributed by atoms with van der Waals surface area (Å²) < 4.78 is 0. The van der Waals surface area contributed by atoms with Crippen LogP contribution in [-0.4, -0.2) is 5.91 Å². The Balaban J connectivity index is 1.80. The van der Waals surface area contributed by atoms with E-state index in [9.17, 15) is 4.79 Å². The molecular formula is C15H12Cl2N2O. The van der Waals surface area contributed by atoms with E-state index < -0.39 is 6.04 Å². The largest absolute Gasteiger partial charge is 0.324 e. The smallest absolute Gasteiger partial charge is 0.246 e. The first-order chi connectivity index (χ1) is 9.65. The molecule has 1 atom stereocenters. The van der Waals surface area contributed by atoms with Crippen molar-refractivity contribution in [3.63, 3.8) is 0 Å². The molecule has 1 aliphatic rings. The maximum absolute atomic E-state index is 12.0. The summed E-state index contributed by atoms with van der Waals surface area (Å²) in [7, 11) is 0. The molecule has 2 aromatic carbocycles. The molecule has 0 saturated carbocycles. The Labute approximate surface area is 126 Å². The lowest BCUT2D eigenvalue weighted by atomic mass is 10.1. The highest BCUT2D eigenvalue weighted by Gasteiger charge is 2.30. The molecule has 20 heavy (non-hydrogen) atoms. The molecular weight excluding hydrogens is 295 g/mol. The summed E-state index contributed by atoms with van der Waals surface area (Å²) in [6.45, 7) is 0.518. The Bertz CT molecular complexity index is 673. The average Bonchev–Trinajstić information content (AvgIpc) is 2.73. The van der Waals surface area contributed by atoms with Gasteiger partial charge in [0, 0.05) is 27.8 Å². The Morgan fingerprint density at radius 2 is 1.95 bits per heavy atom. The second-order valence-corrected chi connectivity index (χ2v) is 5.47. The number of nitrogens with one attached hydrogen (secondary N) is 2. The molecule has 102 valence electrons. The molecule has 3 rings (SSSR count). The van der Waals surface area contributed by atoms with Gasteiger partial charge in [-0.25, -0.2) is 0 Å². The fourth-order valence-electron chi connectivity index (χ4n) is 2.29. The van der Waals surface area contributed by atoms with Crippen LogP contribution in [0.1, 0.15) is 17.2 Å². The van der Waals surface area contributed by atoms with Crippen molar-refractivity contribution in [2.75, 3.05) is 5.32 Å². The van der Waals surface area contributed by atoms with Gasteiger partial charge >= 0.3 is 0 Å². The number of rotatable bonds is 3. The molecule has 2 aromatic rings. The number of hydrogen-bond donors (Lipinski definition) is 2. The predicted octanol–water partition coefficient (Wildman–Crippen LogP) is 3.78. The van der Waals surface area contributed by atoms with Gasteiger partial charge in [0.1, 0.15) is 6.04 Å². The Morgan fingerprint density at radius 3 is 2.75 bits per heavy atom. The zero-order chi connectivity index (χ0) is 14.1. The summed E-state index contributed by atoms with van der Waals surface area (Å²) >= 11 is 12.1. The van der Waals surface area contributed by atoms with E-state index in [0.29, 0.717) is 16.6 Å². The molecule has 1 amide bonds. The summed E-state index contributed by atoms with van der Waals surface area (Å²) in [5.74, 6) is -0.0747. The van der Waals surface area contributed by atoms with Gasteiger partial charge in [-0.15, -0.1) is 0 Å². The number of benzene rings is 2. The minimum atomic E-state index is -0.403. The van der Waals surface area contributed by atoms with Gasteiger partial charge in [-0.2, -0.15) is 0 Å². The normalized spacial score (nSPS) is 16.9. The zero-order valence-electron chi connectivity index (χ0n) is 10.5. The highest BCUT2D eigenvalue weighted by atomic mass is 35.5. The van der Waals surface area contributed by atoms with Crippen molar-refractivity contribution in [3.8, 4) is 0 Å². The van der Waals surface area contributed by atoms with Crippen LogP contribution in [-0.2, 0) is 11.3 Å². The van der Waals surface area contributed by atoms with Crippen molar-refractivity contribution in [1.82, 2.24) is 5.32 Å². The number of amides is 1. The van der Waals surface area contributed by atoms with E-state index in [1.807, 2.05) is 30.3 Å². The molecule has 0 aliphatic carbocycles. The molecule has 0 radical (unpaired) electrons. The van der Waals surface area contributed by atoms with Crippen LogP contribution in [0.4, 0.5) is 5.69 Å². The van der Waals surface area contributed by atoms with Crippen molar-refractivity contribution in [3.05, 3.63) is 63.6 Å². The van der Waals surface area contributed by atoms with Crippen molar-refractivity contribution in [2.24, 2.45) is 0 Å². The number of fused-ring (bicyclic) bond motifs is 1. The fourth-order valence-corrected chi connectivity index (χ4v) is 2.67. The third kappa shape index (κ3) is 2.52. The molecule has 5 heteroatoms. The molecule has 0 spiro atoms. The molecule has 0 bridgehead atoms. The lowest BCUT2D eigenvalue weighted by molar-refractivity contribution is -0.117. The van der Waals surface area contributed by atoms with Gasteiger partial charge in [-0.3, -0.25) is 10.1 Å². The number of carbonyl (C=O) groups excluding carboxylic acids is 1. The number of halogens is 2. The van der Waals surface area contributed by atoms with Crippen molar-refractivity contribution in [2.45, 2.75) is 12.6 Å². The molecule has 2 N–H and O–H groups in total. The minimum Gasteiger partial charge on any atom is -0.324 e. The molecule has 0 fully saturated rings. The number of anilines is 1. The van der Waals surface area contributed by atoms with E-state index >= 15 is 0 Å².